The summed E-state index contributed by atoms with van der Waals surface area (Å²) in [5, 5.41) is 6.41. The van der Waals surface area contributed by atoms with Crippen molar-refractivity contribution >= 4 is 21.3 Å². The molecule has 0 radical (unpaired) electrons. The number of sulfone groups is 1. The monoisotopic (exact) mass is 438 g/mol. The lowest BCUT2D eigenvalue weighted by atomic mass is 10.1. The molecule has 2 aromatic heterocycles. The quantitative estimate of drug-likeness (QED) is 0.467. The van der Waals surface area contributed by atoms with Crippen LogP contribution in [0.1, 0.15) is 12.8 Å². The van der Waals surface area contributed by atoms with Gasteiger partial charge in [-0.3, -0.25) is 0 Å². The van der Waals surface area contributed by atoms with Crippen LogP contribution in [0.25, 0.3) is 11.1 Å². The normalized spacial score (nSPS) is 13.7. The minimum Gasteiger partial charge on any atom is -0.481 e. The second-order valence-electron chi connectivity index (χ2n) is 7.64. The van der Waals surface area contributed by atoms with Crippen molar-refractivity contribution in [2.24, 2.45) is 5.92 Å². The standard InChI is InChI=1S/C23H26N4O3S/c1-30-23-10-8-19(16-26-23)18-7-9-22(25-15-18)27-20-3-2-4-21(13-20)31(28,29)12-11-24-14-17-5-6-17/h2-4,7-10,13,15-17,24H,5-6,11-12,14H2,1H3,(H,25,27). The smallest absolute Gasteiger partial charge is 0.212 e. The van der Waals surface area contributed by atoms with Gasteiger partial charge in [0.15, 0.2) is 9.84 Å². The Bertz CT molecular complexity index is 1110. The third-order valence-electron chi connectivity index (χ3n) is 5.19. The van der Waals surface area contributed by atoms with E-state index in [9.17, 15) is 8.42 Å². The Morgan fingerprint density at radius 3 is 2.45 bits per heavy atom. The van der Waals surface area contributed by atoms with Crippen molar-refractivity contribution in [3.8, 4) is 17.0 Å². The summed E-state index contributed by atoms with van der Waals surface area (Å²) in [6.07, 6.45) is 5.98. The third kappa shape index (κ3) is 5.80. The zero-order chi connectivity index (χ0) is 21.7. The summed E-state index contributed by atoms with van der Waals surface area (Å²) in [5.41, 5.74) is 2.54. The molecule has 0 atom stereocenters. The zero-order valence-electron chi connectivity index (χ0n) is 17.4. The molecule has 31 heavy (non-hydrogen) atoms. The molecule has 162 valence electrons. The number of hydrogen-bond donors (Lipinski definition) is 2. The fraction of sp³-hybridized carbons (Fsp3) is 0.304. The maximum Gasteiger partial charge on any atom is 0.212 e. The number of rotatable bonds is 10. The van der Waals surface area contributed by atoms with Crippen molar-refractivity contribution in [1.29, 1.82) is 0 Å². The number of benzene rings is 1. The molecule has 1 aliphatic rings. The third-order valence-corrected chi connectivity index (χ3v) is 6.90. The summed E-state index contributed by atoms with van der Waals surface area (Å²) >= 11 is 0. The summed E-state index contributed by atoms with van der Waals surface area (Å²) < 4.78 is 30.4. The molecule has 0 bridgehead atoms. The van der Waals surface area contributed by atoms with E-state index in [1.165, 1.54) is 12.8 Å². The number of pyridine rings is 2. The van der Waals surface area contributed by atoms with E-state index in [0.717, 1.165) is 23.6 Å². The summed E-state index contributed by atoms with van der Waals surface area (Å²) in [6.45, 7) is 1.38. The van der Waals surface area contributed by atoms with Crippen LogP contribution in [0.4, 0.5) is 11.5 Å². The lowest BCUT2D eigenvalue weighted by molar-refractivity contribution is 0.398. The maximum absolute atomic E-state index is 12.6. The van der Waals surface area contributed by atoms with Crippen molar-refractivity contribution in [3.63, 3.8) is 0 Å². The summed E-state index contributed by atoms with van der Waals surface area (Å²) in [7, 11) is -1.76. The highest BCUT2D eigenvalue weighted by molar-refractivity contribution is 7.91. The van der Waals surface area contributed by atoms with E-state index >= 15 is 0 Å². The van der Waals surface area contributed by atoms with Crippen LogP contribution in [-0.4, -0.2) is 44.3 Å². The van der Waals surface area contributed by atoms with Crippen molar-refractivity contribution in [3.05, 3.63) is 60.9 Å². The van der Waals surface area contributed by atoms with E-state index in [1.54, 1.807) is 43.8 Å². The van der Waals surface area contributed by atoms with Crippen molar-refractivity contribution < 1.29 is 13.2 Å². The number of nitrogens with zero attached hydrogens (tertiary/aromatic N) is 2. The van der Waals surface area contributed by atoms with Gasteiger partial charge in [0.25, 0.3) is 0 Å². The number of nitrogens with one attached hydrogen (secondary N) is 2. The SMILES string of the molecule is COc1ccc(-c2ccc(Nc3cccc(S(=O)(=O)CCNCC4CC4)c3)nc2)cn1. The second kappa shape index (κ2) is 9.45. The molecule has 1 aromatic carbocycles. The highest BCUT2D eigenvalue weighted by atomic mass is 32.2. The van der Waals surface area contributed by atoms with Gasteiger partial charge in [0, 0.05) is 41.8 Å². The lowest BCUT2D eigenvalue weighted by Crippen LogP contribution is -2.24. The van der Waals surface area contributed by atoms with E-state index < -0.39 is 9.84 Å². The van der Waals surface area contributed by atoms with Gasteiger partial charge in [0.1, 0.15) is 5.82 Å². The molecule has 0 saturated heterocycles. The van der Waals surface area contributed by atoms with Gasteiger partial charge in [0.2, 0.25) is 5.88 Å². The first-order chi connectivity index (χ1) is 15.0. The van der Waals surface area contributed by atoms with Crippen LogP contribution in [0.2, 0.25) is 0 Å². The molecule has 8 heteroatoms. The first-order valence-corrected chi connectivity index (χ1v) is 12.0. The molecule has 0 spiro atoms. The van der Waals surface area contributed by atoms with Gasteiger partial charge in [-0.2, -0.15) is 0 Å². The van der Waals surface area contributed by atoms with Crippen molar-refractivity contribution in [2.75, 3.05) is 31.3 Å². The molecular weight excluding hydrogens is 412 g/mol. The van der Waals surface area contributed by atoms with Gasteiger partial charge in [0.05, 0.1) is 17.8 Å². The first-order valence-electron chi connectivity index (χ1n) is 10.3. The summed E-state index contributed by atoms with van der Waals surface area (Å²) in [6, 6.07) is 14.4. The fourth-order valence-electron chi connectivity index (χ4n) is 3.18. The predicted octanol–water partition coefficient (Wildman–Crippen LogP) is 3.67. The Morgan fingerprint density at radius 2 is 1.81 bits per heavy atom. The predicted molar refractivity (Wildman–Crippen MR) is 121 cm³/mol. The number of methoxy groups -OCH3 is 1. The molecule has 1 saturated carbocycles. The average Bonchev–Trinajstić information content (AvgIpc) is 3.62. The molecule has 2 heterocycles. The van der Waals surface area contributed by atoms with Gasteiger partial charge in [-0.15, -0.1) is 0 Å². The Balaban J connectivity index is 1.39. The number of aromatic nitrogens is 2. The topological polar surface area (TPSA) is 93.2 Å². The lowest BCUT2D eigenvalue weighted by Gasteiger charge is -2.10. The molecule has 4 rings (SSSR count). The highest BCUT2D eigenvalue weighted by Gasteiger charge is 2.21. The van der Waals surface area contributed by atoms with Crippen molar-refractivity contribution in [1.82, 2.24) is 15.3 Å². The van der Waals surface area contributed by atoms with E-state index in [0.29, 0.717) is 28.8 Å². The number of hydrogen-bond acceptors (Lipinski definition) is 7. The molecule has 0 amide bonds. The van der Waals surface area contributed by atoms with E-state index in [-0.39, 0.29) is 5.75 Å². The highest BCUT2D eigenvalue weighted by Crippen LogP contribution is 2.27. The molecule has 1 fully saturated rings. The minimum absolute atomic E-state index is 0.0893. The van der Waals surface area contributed by atoms with Crippen LogP contribution in [0.3, 0.4) is 0 Å². The van der Waals surface area contributed by atoms with E-state index in [1.807, 2.05) is 24.3 Å². The first kappa shape index (κ1) is 21.3. The molecule has 2 N–H and O–H groups in total. The minimum atomic E-state index is -3.34. The molecule has 0 aliphatic heterocycles. The molecule has 7 nitrogen and oxygen atoms in total. The van der Waals surface area contributed by atoms with Crippen LogP contribution in [-0.2, 0) is 9.84 Å². The zero-order valence-corrected chi connectivity index (χ0v) is 18.2. The van der Waals surface area contributed by atoms with Gasteiger partial charge < -0.3 is 15.4 Å². The van der Waals surface area contributed by atoms with Crippen LogP contribution < -0.4 is 15.4 Å². The molecule has 0 unspecified atom stereocenters. The second-order valence-corrected chi connectivity index (χ2v) is 9.75. The number of ether oxygens (including phenoxy) is 1. The summed E-state index contributed by atoms with van der Waals surface area (Å²) in [5.74, 6) is 2.01. The fourth-order valence-corrected chi connectivity index (χ4v) is 4.42. The summed E-state index contributed by atoms with van der Waals surface area (Å²) in [4.78, 5) is 8.96. The van der Waals surface area contributed by atoms with Gasteiger partial charge in [-0.1, -0.05) is 6.07 Å². The Hall–Kier alpha value is -2.97. The maximum atomic E-state index is 12.6. The van der Waals surface area contributed by atoms with Gasteiger partial charge in [-0.25, -0.2) is 18.4 Å². The van der Waals surface area contributed by atoms with Crippen molar-refractivity contribution in [2.45, 2.75) is 17.7 Å². The van der Waals surface area contributed by atoms with E-state index in [4.69, 9.17) is 4.74 Å². The molecular formula is C23H26N4O3S. The van der Waals surface area contributed by atoms with Gasteiger partial charge >= 0.3 is 0 Å². The largest absolute Gasteiger partial charge is 0.481 e. The molecule has 1 aliphatic carbocycles. The van der Waals surface area contributed by atoms with Crippen LogP contribution in [0, 0.1) is 5.92 Å². The number of anilines is 2. The van der Waals surface area contributed by atoms with Gasteiger partial charge in [-0.05, 0) is 61.7 Å². The van der Waals surface area contributed by atoms with E-state index in [2.05, 4.69) is 20.6 Å². The average molecular weight is 439 g/mol. The Labute approximate surface area is 182 Å². The molecule has 3 aromatic rings. The van der Waals surface area contributed by atoms with Crippen LogP contribution in [0.15, 0.2) is 65.8 Å². The Morgan fingerprint density at radius 1 is 1.03 bits per heavy atom. The Kier molecular flexibility index (Phi) is 6.48. The van der Waals surface area contributed by atoms with Crippen LogP contribution in [0.5, 0.6) is 5.88 Å². The van der Waals surface area contributed by atoms with Crippen LogP contribution >= 0.6 is 0 Å².